The zero-order valence-electron chi connectivity index (χ0n) is 10.3. The van der Waals surface area contributed by atoms with Gasteiger partial charge in [0.25, 0.3) is 0 Å². The number of nitrogens with two attached hydrogens (primary N) is 2. The van der Waals surface area contributed by atoms with Gasteiger partial charge in [-0.25, -0.2) is 0 Å². The van der Waals surface area contributed by atoms with E-state index in [1.54, 1.807) is 0 Å². The molecule has 0 fully saturated rings. The molecule has 0 amide bonds. The lowest BCUT2D eigenvalue weighted by atomic mass is 10.0. The second-order valence-electron chi connectivity index (χ2n) is 4.70. The highest BCUT2D eigenvalue weighted by Gasteiger charge is 2.17. The summed E-state index contributed by atoms with van der Waals surface area (Å²) >= 11 is 0. The number of aryl methyl sites for hydroxylation is 1. The maximum absolute atomic E-state index is 5.90. The molecule has 1 aliphatic heterocycles. The van der Waals surface area contributed by atoms with Gasteiger partial charge in [-0.05, 0) is 42.7 Å². The highest BCUT2D eigenvalue weighted by molar-refractivity contribution is 5.75. The summed E-state index contributed by atoms with van der Waals surface area (Å²) < 4.78 is 0. The average molecular weight is 239 g/mol. The molecule has 3 heteroatoms. The number of nitrogen functional groups attached to an aromatic ring is 2. The SMILES string of the molecule is Nc1ccc(N2CCCc3ccccc32)cc1N. The first-order chi connectivity index (χ1) is 8.75. The smallest absolute Gasteiger partial charge is 0.0568 e. The number of hydrogen-bond acceptors (Lipinski definition) is 3. The quantitative estimate of drug-likeness (QED) is 0.752. The second-order valence-corrected chi connectivity index (χ2v) is 4.70. The number of fused-ring (bicyclic) bond motifs is 1. The van der Waals surface area contributed by atoms with Gasteiger partial charge in [0, 0.05) is 17.9 Å². The van der Waals surface area contributed by atoms with Crippen molar-refractivity contribution in [1.82, 2.24) is 0 Å². The molecule has 0 aliphatic carbocycles. The highest BCUT2D eigenvalue weighted by Crippen LogP contribution is 2.34. The molecule has 1 heterocycles. The molecule has 2 aromatic carbocycles. The molecule has 0 saturated heterocycles. The van der Waals surface area contributed by atoms with Crippen LogP contribution in [0.4, 0.5) is 22.7 Å². The van der Waals surface area contributed by atoms with Gasteiger partial charge in [0.15, 0.2) is 0 Å². The van der Waals surface area contributed by atoms with Crippen LogP contribution in [0.2, 0.25) is 0 Å². The van der Waals surface area contributed by atoms with Crippen LogP contribution in [0.1, 0.15) is 12.0 Å². The molecular weight excluding hydrogens is 222 g/mol. The first kappa shape index (κ1) is 11.0. The Morgan fingerprint density at radius 3 is 2.61 bits per heavy atom. The van der Waals surface area contributed by atoms with E-state index in [1.807, 2.05) is 18.2 Å². The van der Waals surface area contributed by atoms with Gasteiger partial charge in [0.05, 0.1) is 11.4 Å². The molecule has 1 aliphatic rings. The lowest BCUT2D eigenvalue weighted by Crippen LogP contribution is -2.24. The number of nitrogens with zero attached hydrogens (tertiary/aromatic N) is 1. The first-order valence-electron chi connectivity index (χ1n) is 6.26. The van der Waals surface area contributed by atoms with Crippen molar-refractivity contribution in [1.29, 1.82) is 0 Å². The standard InChI is InChI=1S/C15H17N3/c16-13-8-7-12(10-14(13)17)18-9-3-5-11-4-1-2-6-15(11)18/h1-2,4,6-8,10H,3,5,9,16-17H2. The maximum Gasteiger partial charge on any atom is 0.0568 e. The molecule has 2 aromatic rings. The fourth-order valence-electron chi connectivity index (χ4n) is 2.53. The van der Waals surface area contributed by atoms with Crippen LogP contribution >= 0.6 is 0 Å². The first-order valence-corrected chi connectivity index (χ1v) is 6.26. The Hall–Kier alpha value is -2.16. The predicted molar refractivity (Wildman–Crippen MR) is 77.0 cm³/mol. The lowest BCUT2D eigenvalue weighted by Gasteiger charge is -2.31. The molecule has 3 nitrogen and oxygen atoms in total. The minimum Gasteiger partial charge on any atom is -0.397 e. The van der Waals surface area contributed by atoms with Crippen molar-refractivity contribution in [3.8, 4) is 0 Å². The molecule has 18 heavy (non-hydrogen) atoms. The molecule has 92 valence electrons. The molecule has 0 aromatic heterocycles. The summed E-state index contributed by atoms with van der Waals surface area (Å²) in [5.41, 5.74) is 16.8. The van der Waals surface area contributed by atoms with Crippen LogP contribution < -0.4 is 16.4 Å². The van der Waals surface area contributed by atoms with E-state index in [-0.39, 0.29) is 0 Å². The van der Waals surface area contributed by atoms with Crippen molar-refractivity contribution in [2.24, 2.45) is 0 Å². The Morgan fingerprint density at radius 1 is 0.944 bits per heavy atom. The van der Waals surface area contributed by atoms with E-state index in [2.05, 4.69) is 29.2 Å². The van der Waals surface area contributed by atoms with Gasteiger partial charge in [-0.2, -0.15) is 0 Å². The van der Waals surface area contributed by atoms with E-state index < -0.39 is 0 Å². The minimum atomic E-state index is 0.643. The molecule has 0 saturated carbocycles. The van der Waals surface area contributed by atoms with Crippen LogP contribution in [-0.4, -0.2) is 6.54 Å². The van der Waals surface area contributed by atoms with E-state index >= 15 is 0 Å². The molecule has 0 atom stereocenters. The third-order valence-electron chi connectivity index (χ3n) is 3.49. The molecule has 0 unspecified atom stereocenters. The summed E-state index contributed by atoms with van der Waals surface area (Å²) in [6.45, 7) is 1.03. The van der Waals surface area contributed by atoms with Crippen molar-refractivity contribution >= 4 is 22.7 Å². The summed E-state index contributed by atoms with van der Waals surface area (Å²) in [6.07, 6.45) is 2.32. The Labute approximate surface area is 107 Å². The van der Waals surface area contributed by atoms with E-state index in [4.69, 9.17) is 11.5 Å². The number of benzene rings is 2. The molecule has 0 bridgehead atoms. The molecule has 0 radical (unpaired) electrons. The van der Waals surface area contributed by atoms with E-state index in [0.717, 1.165) is 18.7 Å². The van der Waals surface area contributed by atoms with Crippen LogP contribution in [0.5, 0.6) is 0 Å². The van der Waals surface area contributed by atoms with Gasteiger partial charge >= 0.3 is 0 Å². The van der Waals surface area contributed by atoms with Crippen molar-refractivity contribution in [2.45, 2.75) is 12.8 Å². The minimum absolute atomic E-state index is 0.643. The van der Waals surface area contributed by atoms with E-state index in [9.17, 15) is 0 Å². The van der Waals surface area contributed by atoms with Crippen molar-refractivity contribution in [2.75, 3.05) is 22.9 Å². The molecule has 4 N–H and O–H groups in total. The van der Waals surface area contributed by atoms with Crippen molar-refractivity contribution in [3.63, 3.8) is 0 Å². The van der Waals surface area contributed by atoms with Gasteiger partial charge in [0.1, 0.15) is 0 Å². The Balaban J connectivity index is 2.05. The zero-order chi connectivity index (χ0) is 12.5. The van der Waals surface area contributed by atoms with Crippen molar-refractivity contribution in [3.05, 3.63) is 48.0 Å². The summed E-state index contributed by atoms with van der Waals surface area (Å²) in [4.78, 5) is 2.31. The fourth-order valence-corrected chi connectivity index (χ4v) is 2.53. The van der Waals surface area contributed by atoms with Gasteiger partial charge < -0.3 is 16.4 Å². The van der Waals surface area contributed by atoms with E-state index in [0.29, 0.717) is 11.4 Å². The van der Waals surface area contributed by atoms with Crippen LogP contribution in [-0.2, 0) is 6.42 Å². The summed E-state index contributed by atoms with van der Waals surface area (Å²) in [6, 6.07) is 14.4. The number of rotatable bonds is 1. The Kier molecular flexibility index (Phi) is 2.59. The normalized spacial score (nSPS) is 14.3. The summed E-state index contributed by atoms with van der Waals surface area (Å²) in [7, 11) is 0. The summed E-state index contributed by atoms with van der Waals surface area (Å²) in [5.74, 6) is 0. The maximum atomic E-state index is 5.90. The monoisotopic (exact) mass is 239 g/mol. The molecule has 3 rings (SSSR count). The van der Waals surface area contributed by atoms with Crippen LogP contribution in [0.15, 0.2) is 42.5 Å². The van der Waals surface area contributed by atoms with Crippen molar-refractivity contribution < 1.29 is 0 Å². The number of anilines is 4. The lowest BCUT2D eigenvalue weighted by molar-refractivity contribution is 0.767. The van der Waals surface area contributed by atoms with Crippen LogP contribution in [0.3, 0.4) is 0 Å². The van der Waals surface area contributed by atoms with Gasteiger partial charge in [0.2, 0.25) is 0 Å². The Bertz CT molecular complexity index is 578. The topological polar surface area (TPSA) is 55.3 Å². The number of hydrogen-bond donors (Lipinski definition) is 2. The third-order valence-corrected chi connectivity index (χ3v) is 3.49. The molecule has 0 spiro atoms. The van der Waals surface area contributed by atoms with Gasteiger partial charge in [-0.3, -0.25) is 0 Å². The van der Waals surface area contributed by atoms with Crippen LogP contribution in [0.25, 0.3) is 0 Å². The van der Waals surface area contributed by atoms with E-state index in [1.165, 1.54) is 17.7 Å². The third kappa shape index (κ3) is 1.78. The number of para-hydroxylation sites is 1. The summed E-state index contributed by atoms with van der Waals surface area (Å²) in [5, 5.41) is 0. The largest absolute Gasteiger partial charge is 0.397 e. The second kappa shape index (κ2) is 4.26. The molecular formula is C15H17N3. The highest BCUT2D eigenvalue weighted by atomic mass is 15.1. The fraction of sp³-hybridized carbons (Fsp3) is 0.200. The van der Waals surface area contributed by atoms with Gasteiger partial charge in [-0.1, -0.05) is 18.2 Å². The Morgan fingerprint density at radius 2 is 1.78 bits per heavy atom. The predicted octanol–water partition coefficient (Wildman–Crippen LogP) is 2.94. The zero-order valence-corrected chi connectivity index (χ0v) is 10.3. The average Bonchev–Trinajstić information content (AvgIpc) is 2.41. The van der Waals surface area contributed by atoms with Crippen LogP contribution in [0, 0.1) is 0 Å². The van der Waals surface area contributed by atoms with Gasteiger partial charge in [-0.15, -0.1) is 0 Å².